The van der Waals surface area contributed by atoms with E-state index in [1.807, 2.05) is 13.2 Å². The largest absolute Gasteiger partial charge is 0.348 e. The Bertz CT molecular complexity index is 299. The second-order valence-corrected chi connectivity index (χ2v) is 3.69. The third-order valence-corrected chi connectivity index (χ3v) is 2.27. The topological polar surface area (TPSA) is 70.7 Å². The smallest absolute Gasteiger partial charge is 0.290 e. The van der Waals surface area contributed by atoms with Gasteiger partial charge in [0.25, 0.3) is 5.91 Å². The average Bonchev–Trinajstić information content (AvgIpc) is 2.66. The Morgan fingerprint density at radius 2 is 2.43 bits per heavy atom. The van der Waals surface area contributed by atoms with Crippen LogP contribution in [0.25, 0.3) is 0 Å². The summed E-state index contributed by atoms with van der Waals surface area (Å²) in [4.78, 5) is 15.4. The zero-order valence-corrected chi connectivity index (χ0v) is 9.15. The maximum Gasteiger partial charge on any atom is 0.290 e. The highest BCUT2D eigenvalue weighted by Gasteiger charge is 2.10. The monoisotopic (exact) mass is 214 g/mol. The summed E-state index contributed by atoms with van der Waals surface area (Å²) in [5.41, 5.74) is 0. The fourth-order valence-electron chi connectivity index (χ4n) is 0.901. The quantitative estimate of drug-likeness (QED) is 0.699. The van der Waals surface area contributed by atoms with E-state index >= 15 is 0 Å². The molecular formula is C8H14N4OS. The number of amides is 1. The first-order valence-corrected chi connectivity index (χ1v) is 5.85. The van der Waals surface area contributed by atoms with Gasteiger partial charge >= 0.3 is 0 Å². The molecule has 14 heavy (non-hydrogen) atoms. The molecule has 78 valence electrons. The maximum absolute atomic E-state index is 11.4. The first kappa shape index (κ1) is 11.0. The number of nitrogens with one attached hydrogen (secondary N) is 2. The molecule has 0 saturated heterocycles. The number of H-pyrrole nitrogens is 1. The molecule has 1 aromatic heterocycles. The summed E-state index contributed by atoms with van der Waals surface area (Å²) in [6.07, 6.45) is 2.75. The van der Waals surface area contributed by atoms with Crippen LogP contribution in [0.1, 0.15) is 23.4 Å². The van der Waals surface area contributed by atoms with E-state index in [4.69, 9.17) is 0 Å². The minimum absolute atomic E-state index is 0.213. The van der Waals surface area contributed by atoms with Gasteiger partial charge in [0.05, 0.1) is 0 Å². The Hall–Kier alpha value is -1.04. The summed E-state index contributed by atoms with van der Waals surface area (Å²) in [7, 11) is 0. The predicted molar refractivity (Wildman–Crippen MR) is 56.5 cm³/mol. The number of aromatic nitrogens is 3. The molecule has 6 heteroatoms. The molecule has 2 N–H and O–H groups in total. The van der Waals surface area contributed by atoms with E-state index in [1.54, 1.807) is 11.8 Å². The van der Waals surface area contributed by atoms with Gasteiger partial charge in [-0.25, -0.2) is 4.98 Å². The van der Waals surface area contributed by atoms with E-state index in [9.17, 15) is 4.79 Å². The van der Waals surface area contributed by atoms with Crippen LogP contribution >= 0.6 is 11.8 Å². The van der Waals surface area contributed by atoms with Gasteiger partial charge in [0.15, 0.2) is 0 Å². The Kier molecular flexibility index (Phi) is 4.45. The summed E-state index contributed by atoms with van der Waals surface area (Å²) in [6.45, 7) is 2.60. The number of carbonyl (C=O) groups excluding carboxylic acids is 1. The SMILES string of the molecule is CCc1nc(C(=O)NCCSC)n[nH]1. The van der Waals surface area contributed by atoms with Gasteiger partial charge in [-0.2, -0.15) is 11.8 Å². The fourth-order valence-corrected chi connectivity index (χ4v) is 1.21. The van der Waals surface area contributed by atoms with Gasteiger partial charge in [-0.15, -0.1) is 5.10 Å². The number of carbonyl (C=O) groups is 1. The Morgan fingerprint density at radius 3 is 3.00 bits per heavy atom. The number of nitrogens with zero attached hydrogens (tertiary/aromatic N) is 2. The Morgan fingerprint density at radius 1 is 1.64 bits per heavy atom. The van der Waals surface area contributed by atoms with Crippen LogP contribution < -0.4 is 5.32 Å². The molecule has 0 radical (unpaired) electrons. The predicted octanol–water partition coefficient (Wildman–Crippen LogP) is 0.460. The summed E-state index contributed by atoms with van der Waals surface area (Å²) >= 11 is 1.69. The zero-order chi connectivity index (χ0) is 10.4. The molecule has 0 saturated carbocycles. The standard InChI is InChI=1S/C8H14N4OS/c1-3-6-10-7(12-11-6)8(13)9-4-5-14-2/h3-5H2,1-2H3,(H,9,13)(H,10,11,12). The molecule has 0 aromatic carbocycles. The first-order chi connectivity index (χ1) is 6.77. The van der Waals surface area contributed by atoms with Crippen molar-refractivity contribution in [1.82, 2.24) is 20.5 Å². The highest BCUT2D eigenvalue weighted by Crippen LogP contribution is 1.94. The zero-order valence-electron chi connectivity index (χ0n) is 8.33. The number of rotatable bonds is 5. The fraction of sp³-hybridized carbons (Fsp3) is 0.625. The van der Waals surface area contributed by atoms with Crippen LogP contribution in [0.2, 0.25) is 0 Å². The van der Waals surface area contributed by atoms with Crippen molar-refractivity contribution in [3.8, 4) is 0 Å². The molecular weight excluding hydrogens is 200 g/mol. The van der Waals surface area contributed by atoms with Crippen LogP contribution in [0.4, 0.5) is 0 Å². The van der Waals surface area contributed by atoms with E-state index in [0.29, 0.717) is 6.54 Å². The molecule has 1 rings (SSSR count). The van der Waals surface area contributed by atoms with E-state index < -0.39 is 0 Å². The molecule has 1 aromatic rings. The van der Waals surface area contributed by atoms with Gasteiger partial charge < -0.3 is 5.32 Å². The van der Waals surface area contributed by atoms with Crippen molar-refractivity contribution in [2.45, 2.75) is 13.3 Å². The van der Waals surface area contributed by atoms with Crippen LogP contribution in [0.15, 0.2) is 0 Å². The second kappa shape index (κ2) is 5.64. The third kappa shape index (κ3) is 3.02. The molecule has 0 bridgehead atoms. The molecule has 1 amide bonds. The van der Waals surface area contributed by atoms with Crippen molar-refractivity contribution in [3.05, 3.63) is 11.6 Å². The van der Waals surface area contributed by atoms with Crippen LogP contribution in [-0.2, 0) is 6.42 Å². The summed E-state index contributed by atoms with van der Waals surface area (Å²) in [6, 6.07) is 0. The minimum atomic E-state index is -0.213. The van der Waals surface area contributed by atoms with Crippen LogP contribution in [0, 0.1) is 0 Å². The van der Waals surface area contributed by atoms with Crippen molar-refractivity contribution < 1.29 is 4.79 Å². The van der Waals surface area contributed by atoms with Crippen molar-refractivity contribution in [2.24, 2.45) is 0 Å². The summed E-state index contributed by atoms with van der Waals surface area (Å²) in [5.74, 6) is 1.65. The third-order valence-electron chi connectivity index (χ3n) is 1.66. The maximum atomic E-state index is 11.4. The number of hydrogen-bond donors (Lipinski definition) is 2. The molecule has 1 heterocycles. The lowest BCUT2D eigenvalue weighted by atomic mass is 10.5. The molecule has 0 atom stereocenters. The normalized spacial score (nSPS) is 10.1. The van der Waals surface area contributed by atoms with Crippen molar-refractivity contribution in [2.75, 3.05) is 18.6 Å². The molecule has 0 aliphatic heterocycles. The lowest BCUT2D eigenvalue weighted by Crippen LogP contribution is -2.26. The Labute approximate surface area is 87.1 Å². The number of thioether (sulfide) groups is 1. The molecule has 0 unspecified atom stereocenters. The van der Waals surface area contributed by atoms with Crippen LogP contribution in [-0.4, -0.2) is 39.6 Å². The van der Waals surface area contributed by atoms with E-state index in [1.165, 1.54) is 0 Å². The van der Waals surface area contributed by atoms with Crippen molar-refractivity contribution >= 4 is 17.7 Å². The van der Waals surface area contributed by atoms with Gasteiger partial charge in [0, 0.05) is 18.7 Å². The highest BCUT2D eigenvalue weighted by atomic mass is 32.2. The van der Waals surface area contributed by atoms with Gasteiger partial charge in [-0.1, -0.05) is 6.92 Å². The molecule has 0 spiro atoms. The second-order valence-electron chi connectivity index (χ2n) is 2.71. The number of aryl methyl sites for hydroxylation is 1. The summed E-state index contributed by atoms with van der Waals surface area (Å²) < 4.78 is 0. The molecule has 0 aliphatic rings. The summed E-state index contributed by atoms with van der Waals surface area (Å²) in [5, 5.41) is 9.24. The van der Waals surface area contributed by atoms with Crippen LogP contribution in [0.3, 0.4) is 0 Å². The number of aromatic amines is 1. The van der Waals surface area contributed by atoms with E-state index in [2.05, 4.69) is 20.5 Å². The van der Waals surface area contributed by atoms with Crippen molar-refractivity contribution in [3.63, 3.8) is 0 Å². The van der Waals surface area contributed by atoms with Gasteiger partial charge in [0.2, 0.25) is 5.82 Å². The number of hydrogen-bond acceptors (Lipinski definition) is 4. The van der Waals surface area contributed by atoms with Crippen molar-refractivity contribution in [1.29, 1.82) is 0 Å². The van der Waals surface area contributed by atoms with Crippen LogP contribution in [0.5, 0.6) is 0 Å². The lowest BCUT2D eigenvalue weighted by molar-refractivity contribution is 0.0946. The minimum Gasteiger partial charge on any atom is -0.348 e. The molecule has 0 fully saturated rings. The van der Waals surface area contributed by atoms with E-state index in [-0.39, 0.29) is 11.7 Å². The van der Waals surface area contributed by atoms with Gasteiger partial charge in [-0.3, -0.25) is 9.89 Å². The average molecular weight is 214 g/mol. The Balaban J connectivity index is 2.44. The highest BCUT2D eigenvalue weighted by molar-refractivity contribution is 7.98. The van der Waals surface area contributed by atoms with Gasteiger partial charge in [-0.05, 0) is 6.26 Å². The van der Waals surface area contributed by atoms with Gasteiger partial charge in [0.1, 0.15) is 5.82 Å². The van der Waals surface area contributed by atoms with E-state index in [0.717, 1.165) is 18.0 Å². The molecule has 5 nitrogen and oxygen atoms in total. The lowest BCUT2D eigenvalue weighted by Gasteiger charge is -1.98. The molecule has 0 aliphatic carbocycles. The first-order valence-electron chi connectivity index (χ1n) is 4.46.